The summed E-state index contributed by atoms with van der Waals surface area (Å²) in [4.78, 5) is 17.3. The third-order valence-corrected chi connectivity index (χ3v) is 5.43. The summed E-state index contributed by atoms with van der Waals surface area (Å²) >= 11 is 0. The number of fused-ring (bicyclic) bond motifs is 1. The largest absolute Gasteiger partial charge is 0.497 e. The molecule has 2 aliphatic rings. The minimum atomic E-state index is 0.250. The summed E-state index contributed by atoms with van der Waals surface area (Å²) in [7, 11) is 1.68. The van der Waals surface area contributed by atoms with Gasteiger partial charge in [0.25, 0.3) is 0 Å². The van der Waals surface area contributed by atoms with Crippen LogP contribution in [0.3, 0.4) is 0 Å². The van der Waals surface area contributed by atoms with Gasteiger partial charge in [-0.2, -0.15) is 0 Å². The lowest BCUT2D eigenvalue weighted by Gasteiger charge is -2.31. The Bertz CT molecular complexity index is 768. The number of carbonyl (C=O) groups excluding carboxylic acids is 1. The predicted molar refractivity (Wildman–Crippen MR) is 102 cm³/mol. The average Bonchev–Trinajstić information content (AvgIpc) is 3.53. The minimum Gasteiger partial charge on any atom is -0.497 e. The number of benzene rings is 2. The summed E-state index contributed by atoms with van der Waals surface area (Å²) in [6, 6.07) is 17.2. The lowest BCUT2D eigenvalue weighted by molar-refractivity contribution is -0.133. The third kappa shape index (κ3) is 3.91. The highest BCUT2D eigenvalue weighted by atomic mass is 16.5. The van der Waals surface area contributed by atoms with Crippen LogP contribution < -0.4 is 4.74 Å². The normalized spacial score (nSPS) is 16.5. The second kappa shape index (κ2) is 7.50. The first-order valence-electron chi connectivity index (χ1n) is 9.44. The molecule has 0 bridgehead atoms. The third-order valence-electron chi connectivity index (χ3n) is 5.43. The topological polar surface area (TPSA) is 32.8 Å². The molecular formula is C22H26N2O2. The van der Waals surface area contributed by atoms with Crippen molar-refractivity contribution >= 4 is 5.91 Å². The minimum absolute atomic E-state index is 0.250. The van der Waals surface area contributed by atoms with Crippen LogP contribution in [0.2, 0.25) is 0 Å². The second-order valence-electron chi connectivity index (χ2n) is 7.32. The lowest BCUT2D eigenvalue weighted by atomic mass is 10.00. The molecule has 1 amide bonds. The van der Waals surface area contributed by atoms with E-state index in [0.29, 0.717) is 12.6 Å². The summed E-state index contributed by atoms with van der Waals surface area (Å²) in [5.41, 5.74) is 3.91. The molecule has 0 aromatic heterocycles. The maximum atomic E-state index is 12.9. The van der Waals surface area contributed by atoms with Gasteiger partial charge in [0.05, 0.1) is 13.7 Å². The van der Waals surface area contributed by atoms with Crippen LogP contribution in [0.1, 0.15) is 29.5 Å². The van der Waals surface area contributed by atoms with Gasteiger partial charge in [-0.1, -0.05) is 36.4 Å². The molecular weight excluding hydrogens is 324 g/mol. The van der Waals surface area contributed by atoms with Crippen LogP contribution in [0, 0.1) is 0 Å². The first-order chi connectivity index (χ1) is 12.7. The van der Waals surface area contributed by atoms with Gasteiger partial charge in [0, 0.05) is 25.7 Å². The number of hydrogen-bond acceptors (Lipinski definition) is 3. The van der Waals surface area contributed by atoms with Crippen LogP contribution >= 0.6 is 0 Å². The molecule has 1 fully saturated rings. The average molecular weight is 350 g/mol. The molecule has 4 rings (SSSR count). The Hall–Kier alpha value is -2.33. The Morgan fingerprint density at radius 3 is 2.54 bits per heavy atom. The van der Waals surface area contributed by atoms with E-state index in [1.165, 1.54) is 29.5 Å². The van der Waals surface area contributed by atoms with Crippen LogP contribution in [0.4, 0.5) is 0 Å². The van der Waals surface area contributed by atoms with E-state index in [1.54, 1.807) is 7.11 Å². The van der Waals surface area contributed by atoms with Crippen molar-refractivity contribution in [3.63, 3.8) is 0 Å². The van der Waals surface area contributed by atoms with E-state index < -0.39 is 0 Å². The van der Waals surface area contributed by atoms with E-state index in [2.05, 4.69) is 41.3 Å². The SMILES string of the molecule is COc1ccc(CN(CC(=O)N2CCc3ccccc3C2)C2CC2)cc1. The van der Waals surface area contributed by atoms with Gasteiger partial charge in [0.1, 0.15) is 5.75 Å². The molecule has 4 nitrogen and oxygen atoms in total. The van der Waals surface area contributed by atoms with Gasteiger partial charge in [-0.3, -0.25) is 9.69 Å². The van der Waals surface area contributed by atoms with Gasteiger partial charge in [-0.15, -0.1) is 0 Å². The number of nitrogens with zero attached hydrogens (tertiary/aromatic N) is 2. The molecule has 0 N–H and O–H groups in total. The smallest absolute Gasteiger partial charge is 0.237 e. The number of carbonyl (C=O) groups is 1. The summed E-state index contributed by atoms with van der Waals surface area (Å²) in [5.74, 6) is 1.12. The van der Waals surface area contributed by atoms with Crippen LogP contribution in [0.15, 0.2) is 48.5 Å². The van der Waals surface area contributed by atoms with Gasteiger partial charge in [0.15, 0.2) is 0 Å². The van der Waals surface area contributed by atoms with Crippen molar-refractivity contribution in [3.05, 3.63) is 65.2 Å². The Kier molecular flexibility index (Phi) is 4.93. The van der Waals surface area contributed by atoms with Crippen molar-refractivity contribution < 1.29 is 9.53 Å². The summed E-state index contributed by atoms with van der Waals surface area (Å²) in [5, 5.41) is 0. The zero-order chi connectivity index (χ0) is 17.9. The fourth-order valence-corrected chi connectivity index (χ4v) is 3.70. The molecule has 1 aliphatic carbocycles. The van der Waals surface area contributed by atoms with E-state index in [-0.39, 0.29) is 5.91 Å². The molecule has 1 heterocycles. The van der Waals surface area contributed by atoms with Crippen molar-refractivity contribution in [1.29, 1.82) is 0 Å². The molecule has 0 atom stereocenters. The van der Waals surface area contributed by atoms with Crippen molar-refractivity contribution in [2.45, 2.75) is 38.4 Å². The van der Waals surface area contributed by atoms with Crippen molar-refractivity contribution in [1.82, 2.24) is 9.80 Å². The van der Waals surface area contributed by atoms with Crippen LogP contribution in [-0.2, 0) is 24.3 Å². The molecule has 1 aliphatic heterocycles. The maximum Gasteiger partial charge on any atom is 0.237 e. The zero-order valence-corrected chi connectivity index (χ0v) is 15.4. The Balaban J connectivity index is 1.39. The monoisotopic (exact) mass is 350 g/mol. The van der Waals surface area contributed by atoms with E-state index in [4.69, 9.17) is 4.74 Å². The van der Waals surface area contributed by atoms with E-state index in [9.17, 15) is 4.79 Å². The molecule has 0 spiro atoms. The molecule has 4 heteroatoms. The first kappa shape index (κ1) is 17.1. The maximum absolute atomic E-state index is 12.9. The molecule has 26 heavy (non-hydrogen) atoms. The quantitative estimate of drug-likeness (QED) is 0.802. The second-order valence-corrected chi connectivity index (χ2v) is 7.32. The van der Waals surface area contributed by atoms with Gasteiger partial charge >= 0.3 is 0 Å². The predicted octanol–water partition coefficient (Wildman–Crippen LogP) is 3.24. The Morgan fingerprint density at radius 1 is 1.12 bits per heavy atom. The van der Waals surface area contributed by atoms with Crippen molar-refractivity contribution in [3.8, 4) is 5.75 Å². The van der Waals surface area contributed by atoms with Crippen molar-refractivity contribution in [2.24, 2.45) is 0 Å². The number of amides is 1. The zero-order valence-electron chi connectivity index (χ0n) is 15.4. The molecule has 2 aromatic rings. The lowest BCUT2D eigenvalue weighted by Crippen LogP contribution is -2.43. The van der Waals surface area contributed by atoms with Gasteiger partial charge < -0.3 is 9.64 Å². The van der Waals surface area contributed by atoms with E-state index >= 15 is 0 Å². The fraction of sp³-hybridized carbons (Fsp3) is 0.409. The number of hydrogen-bond donors (Lipinski definition) is 0. The summed E-state index contributed by atoms with van der Waals surface area (Å²) in [6.45, 7) is 2.91. The summed E-state index contributed by atoms with van der Waals surface area (Å²) < 4.78 is 5.23. The molecule has 1 saturated carbocycles. The highest BCUT2D eigenvalue weighted by Crippen LogP contribution is 2.29. The Labute approximate surface area is 155 Å². The first-order valence-corrected chi connectivity index (χ1v) is 9.44. The number of ether oxygens (including phenoxy) is 1. The molecule has 0 unspecified atom stereocenters. The highest BCUT2D eigenvalue weighted by molar-refractivity contribution is 5.78. The van der Waals surface area contributed by atoms with Crippen LogP contribution in [-0.4, -0.2) is 41.9 Å². The van der Waals surface area contributed by atoms with E-state index in [1.807, 2.05) is 17.0 Å². The van der Waals surface area contributed by atoms with Gasteiger partial charge in [-0.05, 0) is 48.1 Å². The van der Waals surface area contributed by atoms with Crippen LogP contribution in [0.25, 0.3) is 0 Å². The fourth-order valence-electron chi connectivity index (χ4n) is 3.70. The molecule has 0 radical (unpaired) electrons. The number of rotatable bonds is 6. The molecule has 2 aromatic carbocycles. The number of methoxy groups -OCH3 is 1. The highest BCUT2D eigenvalue weighted by Gasteiger charge is 2.32. The van der Waals surface area contributed by atoms with Gasteiger partial charge in [0.2, 0.25) is 5.91 Å². The molecule has 0 saturated heterocycles. The molecule has 136 valence electrons. The standard InChI is InChI=1S/C22H26N2O2/c1-26-21-10-6-17(7-11-21)14-24(20-8-9-20)16-22(25)23-13-12-18-4-2-3-5-19(18)15-23/h2-7,10-11,20H,8-9,12-16H2,1H3. The van der Waals surface area contributed by atoms with Gasteiger partial charge in [-0.25, -0.2) is 0 Å². The van der Waals surface area contributed by atoms with E-state index in [0.717, 1.165) is 31.8 Å². The van der Waals surface area contributed by atoms with Crippen molar-refractivity contribution in [2.75, 3.05) is 20.2 Å². The Morgan fingerprint density at radius 2 is 1.85 bits per heavy atom. The van der Waals surface area contributed by atoms with Crippen LogP contribution in [0.5, 0.6) is 5.75 Å². The summed E-state index contributed by atoms with van der Waals surface area (Å²) in [6.07, 6.45) is 3.36.